The molecule has 1 amide bonds. The molecule has 0 unspecified atom stereocenters. The number of carbonyl (C=O) groups excluding carboxylic acids is 1. The van der Waals surface area contributed by atoms with Crippen molar-refractivity contribution in [2.75, 3.05) is 26.2 Å². The summed E-state index contributed by atoms with van der Waals surface area (Å²) in [4.78, 5) is 16.5. The lowest BCUT2D eigenvalue weighted by Crippen LogP contribution is -2.48. The molecule has 1 aliphatic rings. The van der Waals surface area contributed by atoms with Crippen molar-refractivity contribution in [2.24, 2.45) is 0 Å². The molecule has 0 aliphatic carbocycles. The highest BCUT2D eigenvalue weighted by molar-refractivity contribution is 5.94. The molecule has 0 saturated carbocycles. The number of aryl methyl sites for hydroxylation is 2. The van der Waals surface area contributed by atoms with Crippen LogP contribution in [0.25, 0.3) is 0 Å². The Kier molecular flexibility index (Phi) is 5.13. The largest absolute Gasteiger partial charge is 0.336 e. The molecule has 1 heterocycles. The summed E-state index contributed by atoms with van der Waals surface area (Å²) in [5.41, 5.74) is 3.33. The molecule has 2 aromatic carbocycles. The Morgan fingerprint density at radius 3 is 2.40 bits per heavy atom. The van der Waals surface area contributed by atoms with Gasteiger partial charge < -0.3 is 4.90 Å². The average molecular weight is 344 g/mol. The third kappa shape index (κ3) is 3.87. The number of amides is 1. The van der Waals surface area contributed by atoms with Crippen molar-refractivity contribution in [2.45, 2.75) is 20.4 Å². The highest BCUT2D eigenvalue weighted by Crippen LogP contribution is 2.17. The summed E-state index contributed by atoms with van der Waals surface area (Å²) in [7, 11) is 0. The first-order valence-corrected chi connectivity index (χ1v) is 8.47. The van der Waals surface area contributed by atoms with E-state index in [1.54, 1.807) is 6.07 Å². The summed E-state index contributed by atoms with van der Waals surface area (Å²) in [5, 5.41) is 0. The standard InChI is InChI=1S/C20H22F2N2O/c1-14-6-7-16(12-15(14)2)20(25)24-10-8-23(9-11-24)13-17-4-3-5-18(21)19(17)22/h3-7,12H,8-11,13H2,1-2H3. The monoisotopic (exact) mass is 344 g/mol. The maximum atomic E-state index is 13.8. The number of hydrogen-bond acceptors (Lipinski definition) is 2. The van der Waals surface area contributed by atoms with E-state index in [0.717, 1.165) is 11.6 Å². The lowest BCUT2D eigenvalue weighted by Gasteiger charge is -2.35. The van der Waals surface area contributed by atoms with Crippen LogP contribution in [0.2, 0.25) is 0 Å². The normalized spacial score (nSPS) is 15.4. The molecular weight excluding hydrogens is 322 g/mol. The van der Waals surface area contributed by atoms with E-state index in [9.17, 15) is 13.6 Å². The van der Waals surface area contributed by atoms with E-state index in [1.807, 2.05) is 41.8 Å². The predicted octanol–water partition coefficient (Wildman–Crippen LogP) is 3.54. The van der Waals surface area contributed by atoms with Crippen molar-refractivity contribution in [3.05, 3.63) is 70.3 Å². The molecule has 0 bridgehead atoms. The smallest absolute Gasteiger partial charge is 0.253 e. The first kappa shape index (κ1) is 17.5. The van der Waals surface area contributed by atoms with Crippen molar-refractivity contribution in [1.82, 2.24) is 9.80 Å². The quantitative estimate of drug-likeness (QED) is 0.850. The van der Waals surface area contributed by atoms with Gasteiger partial charge in [-0.3, -0.25) is 9.69 Å². The highest BCUT2D eigenvalue weighted by atomic mass is 19.2. The first-order chi connectivity index (χ1) is 12.0. The predicted molar refractivity (Wildman–Crippen MR) is 93.5 cm³/mol. The number of hydrogen-bond donors (Lipinski definition) is 0. The number of carbonyl (C=O) groups is 1. The fraction of sp³-hybridized carbons (Fsp3) is 0.350. The van der Waals surface area contributed by atoms with Gasteiger partial charge in [-0.2, -0.15) is 0 Å². The summed E-state index contributed by atoms with van der Waals surface area (Å²) < 4.78 is 27.1. The lowest BCUT2D eigenvalue weighted by atomic mass is 10.1. The summed E-state index contributed by atoms with van der Waals surface area (Å²) in [5.74, 6) is -1.57. The zero-order valence-corrected chi connectivity index (χ0v) is 14.6. The minimum Gasteiger partial charge on any atom is -0.336 e. The number of piperazine rings is 1. The van der Waals surface area contributed by atoms with Crippen LogP contribution in [0.15, 0.2) is 36.4 Å². The molecule has 0 atom stereocenters. The van der Waals surface area contributed by atoms with Crippen LogP contribution in [-0.2, 0) is 6.54 Å². The molecule has 5 heteroatoms. The number of nitrogens with zero attached hydrogens (tertiary/aromatic N) is 2. The van der Waals surface area contributed by atoms with Crippen molar-refractivity contribution in [1.29, 1.82) is 0 Å². The van der Waals surface area contributed by atoms with Gasteiger partial charge in [0.1, 0.15) is 0 Å². The number of halogens is 2. The second kappa shape index (κ2) is 7.31. The van der Waals surface area contributed by atoms with Gasteiger partial charge in [0, 0.05) is 43.9 Å². The Balaban J connectivity index is 1.60. The van der Waals surface area contributed by atoms with E-state index in [0.29, 0.717) is 43.9 Å². The zero-order chi connectivity index (χ0) is 18.0. The molecule has 25 heavy (non-hydrogen) atoms. The van der Waals surface area contributed by atoms with Crippen LogP contribution in [0.3, 0.4) is 0 Å². The Labute approximate surface area is 146 Å². The van der Waals surface area contributed by atoms with Gasteiger partial charge in [-0.25, -0.2) is 8.78 Å². The molecule has 1 aliphatic heterocycles. The topological polar surface area (TPSA) is 23.6 Å². The maximum Gasteiger partial charge on any atom is 0.253 e. The van der Waals surface area contributed by atoms with Gasteiger partial charge in [-0.15, -0.1) is 0 Å². The maximum absolute atomic E-state index is 13.8. The van der Waals surface area contributed by atoms with Crippen molar-refractivity contribution in [3.63, 3.8) is 0 Å². The van der Waals surface area contributed by atoms with Crippen molar-refractivity contribution in [3.8, 4) is 0 Å². The van der Waals surface area contributed by atoms with Crippen LogP contribution in [-0.4, -0.2) is 41.9 Å². The van der Waals surface area contributed by atoms with Crippen molar-refractivity contribution >= 4 is 5.91 Å². The highest BCUT2D eigenvalue weighted by Gasteiger charge is 2.23. The van der Waals surface area contributed by atoms with E-state index in [4.69, 9.17) is 0 Å². The molecule has 3 rings (SSSR count). The third-order valence-corrected chi connectivity index (χ3v) is 4.84. The molecule has 0 radical (unpaired) electrons. The Morgan fingerprint density at radius 2 is 1.72 bits per heavy atom. The van der Waals surface area contributed by atoms with Gasteiger partial charge in [-0.05, 0) is 43.2 Å². The van der Waals surface area contributed by atoms with Gasteiger partial charge in [-0.1, -0.05) is 18.2 Å². The Morgan fingerprint density at radius 1 is 1.00 bits per heavy atom. The molecule has 1 saturated heterocycles. The summed E-state index contributed by atoms with van der Waals surface area (Å²) in [6, 6.07) is 9.99. The van der Waals surface area contributed by atoms with Gasteiger partial charge in [0.2, 0.25) is 0 Å². The number of benzene rings is 2. The third-order valence-electron chi connectivity index (χ3n) is 4.84. The van der Waals surface area contributed by atoms with Crippen LogP contribution in [0, 0.1) is 25.5 Å². The summed E-state index contributed by atoms with van der Waals surface area (Å²) >= 11 is 0. The van der Waals surface area contributed by atoms with E-state index in [1.165, 1.54) is 11.6 Å². The van der Waals surface area contributed by atoms with E-state index < -0.39 is 11.6 Å². The summed E-state index contributed by atoms with van der Waals surface area (Å²) in [6.45, 7) is 6.84. The van der Waals surface area contributed by atoms with Gasteiger partial charge in [0.15, 0.2) is 11.6 Å². The molecule has 0 spiro atoms. The molecule has 0 N–H and O–H groups in total. The van der Waals surface area contributed by atoms with Crippen LogP contribution in [0.1, 0.15) is 27.0 Å². The SMILES string of the molecule is Cc1ccc(C(=O)N2CCN(Cc3cccc(F)c3F)CC2)cc1C. The lowest BCUT2D eigenvalue weighted by molar-refractivity contribution is 0.0626. The minimum atomic E-state index is -0.818. The Bertz CT molecular complexity index is 783. The molecular formula is C20H22F2N2O. The van der Waals surface area contributed by atoms with Crippen LogP contribution < -0.4 is 0 Å². The average Bonchev–Trinajstić information content (AvgIpc) is 2.61. The zero-order valence-electron chi connectivity index (χ0n) is 14.6. The molecule has 0 aromatic heterocycles. The van der Waals surface area contributed by atoms with Gasteiger partial charge >= 0.3 is 0 Å². The van der Waals surface area contributed by atoms with E-state index in [2.05, 4.69) is 0 Å². The Hall–Kier alpha value is -2.27. The molecule has 132 valence electrons. The van der Waals surface area contributed by atoms with Crippen LogP contribution >= 0.6 is 0 Å². The minimum absolute atomic E-state index is 0.0275. The van der Waals surface area contributed by atoms with Crippen LogP contribution in [0.5, 0.6) is 0 Å². The molecule has 2 aromatic rings. The van der Waals surface area contributed by atoms with E-state index in [-0.39, 0.29) is 5.91 Å². The van der Waals surface area contributed by atoms with Gasteiger partial charge in [0.25, 0.3) is 5.91 Å². The molecule has 1 fully saturated rings. The van der Waals surface area contributed by atoms with E-state index >= 15 is 0 Å². The van der Waals surface area contributed by atoms with Crippen molar-refractivity contribution < 1.29 is 13.6 Å². The fourth-order valence-electron chi connectivity index (χ4n) is 3.08. The fourth-order valence-corrected chi connectivity index (χ4v) is 3.08. The molecule has 3 nitrogen and oxygen atoms in total. The van der Waals surface area contributed by atoms with Gasteiger partial charge in [0.05, 0.1) is 0 Å². The van der Waals surface area contributed by atoms with Crippen LogP contribution in [0.4, 0.5) is 8.78 Å². The first-order valence-electron chi connectivity index (χ1n) is 8.47. The number of rotatable bonds is 3. The second-order valence-electron chi connectivity index (χ2n) is 6.58. The second-order valence-corrected chi connectivity index (χ2v) is 6.58. The summed E-state index contributed by atoms with van der Waals surface area (Å²) in [6.07, 6.45) is 0.